The quantitative estimate of drug-likeness (QED) is 0.921. The Kier molecular flexibility index (Phi) is 3.64. The zero-order chi connectivity index (χ0) is 14.3. The van der Waals surface area contributed by atoms with Gasteiger partial charge in [-0.1, -0.05) is 6.92 Å². The van der Waals surface area contributed by atoms with Crippen molar-refractivity contribution in [3.63, 3.8) is 0 Å². The summed E-state index contributed by atoms with van der Waals surface area (Å²) in [4.78, 5) is 0.336. The number of sulfonamides is 1. The van der Waals surface area contributed by atoms with Crippen LogP contribution in [-0.4, -0.2) is 35.5 Å². The molecule has 1 aromatic heterocycles. The van der Waals surface area contributed by atoms with Crippen molar-refractivity contribution >= 4 is 10.0 Å². The summed E-state index contributed by atoms with van der Waals surface area (Å²) < 4.78 is 28.9. The van der Waals surface area contributed by atoms with E-state index in [0.717, 1.165) is 25.7 Å². The molecule has 2 aliphatic rings. The van der Waals surface area contributed by atoms with Crippen molar-refractivity contribution in [1.82, 2.24) is 8.87 Å². The first-order valence-electron chi connectivity index (χ1n) is 7.34. The van der Waals surface area contributed by atoms with Crippen LogP contribution in [0.2, 0.25) is 0 Å². The number of aliphatic hydroxyl groups is 1. The molecule has 1 saturated heterocycles. The number of piperidine rings is 1. The number of aliphatic hydroxyl groups excluding tert-OH is 1. The van der Waals surface area contributed by atoms with Crippen LogP contribution in [0.1, 0.15) is 44.3 Å². The van der Waals surface area contributed by atoms with Crippen LogP contribution in [-0.2, 0) is 16.6 Å². The Morgan fingerprint density at radius 3 is 2.70 bits per heavy atom. The first kappa shape index (κ1) is 14.1. The van der Waals surface area contributed by atoms with E-state index < -0.39 is 10.0 Å². The number of nitrogens with zero attached hydrogens (tertiary/aromatic N) is 2. The zero-order valence-corrected chi connectivity index (χ0v) is 12.6. The van der Waals surface area contributed by atoms with E-state index >= 15 is 0 Å². The fourth-order valence-electron chi connectivity index (χ4n) is 2.97. The molecule has 0 radical (unpaired) electrons. The predicted molar refractivity (Wildman–Crippen MR) is 75.8 cm³/mol. The topological polar surface area (TPSA) is 62.5 Å². The minimum absolute atomic E-state index is 0.109. The van der Waals surface area contributed by atoms with Gasteiger partial charge in [0.15, 0.2) is 0 Å². The van der Waals surface area contributed by atoms with Gasteiger partial charge in [-0.25, -0.2) is 8.42 Å². The Balaban J connectivity index is 1.90. The fraction of sp³-hybridized carbons (Fsp3) is 0.714. The monoisotopic (exact) mass is 298 g/mol. The zero-order valence-electron chi connectivity index (χ0n) is 11.8. The first-order chi connectivity index (χ1) is 9.52. The molecule has 1 saturated carbocycles. The summed E-state index contributed by atoms with van der Waals surface area (Å²) in [6.45, 7) is 3.19. The summed E-state index contributed by atoms with van der Waals surface area (Å²) in [6, 6.07) is 2.01. The van der Waals surface area contributed by atoms with Crippen molar-refractivity contribution in [3.8, 4) is 0 Å². The molecule has 1 atom stereocenters. The molecule has 1 unspecified atom stereocenters. The van der Waals surface area contributed by atoms with Gasteiger partial charge >= 0.3 is 0 Å². The molecule has 0 spiro atoms. The SMILES string of the molecule is CC1CCCN(S(=O)(=O)c2cc(CO)n(C3CC3)c2)C1. The lowest BCUT2D eigenvalue weighted by atomic mass is 10.0. The van der Waals surface area contributed by atoms with Gasteiger partial charge < -0.3 is 9.67 Å². The number of hydrogen-bond donors (Lipinski definition) is 1. The van der Waals surface area contributed by atoms with Crippen LogP contribution < -0.4 is 0 Å². The van der Waals surface area contributed by atoms with E-state index in [1.54, 1.807) is 16.6 Å². The number of hydrogen-bond acceptors (Lipinski definition) is 3. The third-order valence-corrected chi connectivity index (χ3v) is 6.10. The molecule has 20 heavy (non-hydrogen) atoms. The average Bonchev–Trinajstić information content (AvgIpc) is 3.17. The molecule has 6 heteroatoms. The Labute approximate surface area is 120 Å². The van der Waals surface area contributed by atoms with Crippen LogP contribution in [0.4, 0.5) is 0 Å². The minimum atomic E-state index is -3.41. The van der Waals surface area contributed by atoms with E-state index in [9.17, 15) is 13.5 Å². The third kappa shape index (κ3) is 2.52. The van der Waals surface area contributed by atoms with Crippen molar-refractivity contribution in [2.75, 3.05) is 13.1 Å². The molecule has 1 aromatic rings. The molecule has 5 nitrogen and oxygen atoms in total. The van der Waals surface area contributed by atoms with Crippen molar-refractivity contribution in [2.45, 2.75) is 50.2 Å². The maximum absolute atomic E-state index is 12.7. The summed E-state index contributed by atoms with van der Waals surface area (Å²) in [6.07, 6.45) is 5.87. The van der Waals surface area contributed by atoms with Crippen molar-refractivity contribution in [2.24, 2.45) is 5.92 Å². The summed E-state index contributed by atoms with van der Waals surface area (Å²) >= 11 is 0. The van der Waals surface area contributed by atoms with Crippen LogP contribution in [0, 0.1) is 5.92 Å². The van der Waals surface area contributed by atoms with E-state index in [1.807, 2.05) is 4.57 Å². The summed E-state index contributed by atoms with van der Waals surface area (Å²) in [5.41, 5.74) is 0.705. The highest BCUT2D eigenvalue weighted by Gasteiger charge is 2.32. The third-order valence-electron chi connectivity index (χ3n) is 4.27. The van der Waals surface area contributed by atoms with Crippen molar-refractivity contribution in [1.29, 1.82) is 0 Å². The molecular weight excluding hydrogens is 276 g/mol. The molecule has 1 aliphatic carbocycles. The predicted octanol–water partition coefficient (Wildman–Crippen LogP) is 1.74. The van der Waals surface area contributed by atoms with Gasteiger partial charge in [-0.15, -0.1) is 0 Å². The first-order valence-corrected chi connectivity index (χ1v) is 8.78. The van der Waals surface area contributed by atoms with E-state index in [2.05, 4.69) is 6.92 Å². The van der Waals surface area contributed by atoms with E-state index in [4.69, 9.17) is 0 Å². The normalized spacial score (nSPS) is 25.0. The lowest BCUT2D eigenvalue weighted by molar-refractivity contribution is 0.270. The summed E-state index contributed by atoms with van der Waals surface area (Å²) in [5.74, 6) is 0.418. The largest absolute Gasteiger partial charge is 0.390 e. The Hall–Kier alpha value is -0.850. The van der Waals surface area contributed by atoms with E-state index in [-0.39, 0.29) is 6.61 Å². The highest BCUT2D eigenvalue weighted by molar-refractivity contribution is 7.89. The lowest BCUT2D eigenvalue weighted by Gasteiger charge is -2.29. The second kappa shape index (κ2) is 5.16. The van der Waals surface area contributed by atoms with E-state index in [0.29, 0.717) is 35.6 Å². The maximum atomic E-state index is 12.7. The number of aromatic nitrogens is 1. The Bertz CT molecular complexity index is 590. The second-order valence-corrected chi connectivity index (χ2v) is 8.01. The summed E-state index contributed by atoms with van der Waals surface area (Å²) in [5, 5.41) is 9.40. The van der Waals surface area contributed by atoms with Gasteiger partial charge in [0.25, 0.3) is 0 Å². The van der Waals surface area contributed by atoms with Crippen LogP contribution >= 0.6 is 0 Å². The van der Waals surface area contributed by atoms with Crippen LogP contribution in [0.5, 0.6) is 0 Å². The van der Waals surface area contributed by atoms with Gasteiger partial charge in [-0.3, -0.25) is 0 Å². The maximum Gasteiger partial charge on any atom is 0.244 e. The molecule has 3 rings (SSSR count). The van der Waals surface area contributed by atoms with Gasteiger partial charge in [0.2, 0.25) is 10.0 Å². The lowest BCUT2D eigenvalue weighted by Crippen LogP contribution is -2.38. The molecule has 2 heterocycles. The van der Waals surface area contributed by atoms with Crippen LogP contribution in [0.3, 0.4) is 0 Å². The molecule has 112 valence electrons. The van der Waals surface area contributed by atoms with Gasteiger partial charge in [0, 0.05) is 31.0 Å². The van der Waals surface area contributed by atoms with Crippen molar-refractivity contribution < 1.29 is 13.5 Å². The average molecular weight is 298 g/mol. The highest BCUT2D eigenvalue weighted by Crippen LogP contribution is 2.37. The molecule has 0 bridgehead atoms. The van der Waals surface area contributed by atoms with Gasteiger partial charge in [0.1, 0.15) is 4.90 Å². The van der Waals surface area contributed by atoms with Gasteiger partial charge in [-0.2, -0.15) is 4.31 Å². The molecular formula is C14H22N2O3S. The second-order valence-electron chi connectivity index (χ2n) is 6.07. The molecule has 1 N–H and O–H groups in total. The molecule has 1 aliphatic heterocycles. The van der Waals surface area contributed by atoms with E-state index in [1.165, 1.54) is 0 Å². The highest BCUT2D eigenvalue weighted by atomic mass is 32.2. The molecule has 2 fully saturated rings. The van der Waals surface area contributed by atoms with Crippen LogP contribution in [0.25, 0.3) is 0 Å². The minimum Gasteiger partial charge on any atom is -0.390 e. The van der Waals surface area contributed by atoms with Gasteiger partial charge in [-0.05, 0) is 37.7 Å². The number of rotatable bonds is 4. The smallest absolute Gasteiger partial charge is 0.244 e. The molecule has 0 amide bonds. The fourth-order valence-corrected chi connectivity index (χ4v) is 4.62. The standard InChI is InChI=1S/C14H22N2O3S/c1-11-3-2-6-15(8-11)20(18,19)14-7-13(10-17)16(9-14)12-4-5-12/h7,9,11-12,17H,2-6,8,10H2,1H3. The van der Waals surface area contributed by atoms with Gasteiger partial charge in [0.05, 0.1) is 6.61 Å². The van der Waals surface area contributed by atoms with Crippen molar-refractivity contribution in [3.05, 3.63) is 18.0 Å². The Morgan fingerprint density at radius 1 is 1.35 bits per heavy atom. The molecule has 0 aromatic carbocycles. The Morgan fingerprint density at radius 2 is 2.10 bits per heavy atom. The van der Waals surface area contributed by atoms with Crippen LogP contribution in [0.15, 0.2) is 17.2 Å². The summed E-state index contributed by atoms with van der Waals surface area (Å²) in [7, 11) is -3.41.